The third kappa shape index (κ3) is 5.65. The summed E-state index contributed by atoms with van der Waals surface area (Å²) in [7, 11) is 0. The number of nitrogens with one attached hydrogen (secondary N) is 1. The topological polar surface area (TPSA) is 108 Å². The highest BCUT2D eigenvalue weighted by Gasteiger charge is 2.34. The molecule has 40 heavy (non-hydrogen) atoms. The zero-order valence-electron chi connectivity index (χ0n) is 23.0. The number of esters is 2. The molecule has 0 radical (unpaired) electrons. The summed E-state index contributed by atoms with van der Waals surface area (Å²) in [4.78, 5) is 44.4. The first-order chi connectivity index (χ1) is 19.2. The normalized spacial score (nSPS) is 14.9. The SMILES string of the molecule is CCOC(=O)c1c(NC(=O)COC(=O)c2ccccc2-c2nc3ccccc3o2)sc2c1CCC(C(C)(C)C)C2. The fourth-order valence-corrected chi connectivity index (χ4v) is 6.37. The Labute approximate surface area is 236 Å². The Hall–Kier alpha value is -3.98. The molecule has 1 aliphatic carbocycles. The van der Waals surface area contributed by atoms with E-state index in [9.17, 15) is 14.4 Å². The zero-order chi connectivity index (χ0) is 28.4. The van der Waals surface area contributed by atoms with Gasteiger partial charge in [0.05, 0.1) is 23.3 Å². The molecular formula is C31H32N2O6S. The molecule has 0 saturated heterocycles. The highest BCUT2D eigenvalue weighted by atomic mass is 32.1. The second kappa shape index (κ2) is 11.3. The van der Waals surface area contributed by atoms with E-state index in [4.69, 9.17) is 13.9 Å². The number of carbonyl (C=O) groups is 3. The maximum absolute atomic E-state index is 13.0. The summed E-state index contributed by atoms with van der Waals surface area (Å²) in [6, 6.07) is 14.1. The lowest BCUT2D eigenvalue weighted by atomic mass is 9.72. The van der Waals surface area contributed by atoms with Gasteiger partial charge < -0.3 is 19.2 Å². The number of nitrogens with zero attached hydrogens (tertiary/aromatic N) is 1. The number of para-hydroxylation sites is 2. The predicted molar refractivity (Wildman–Crippen MR) is 154 cm³/mol. The second-order valence-corrected chi connectivity index (χ2v) is 12.0. The van der Waals surface area contributed by atoms with Gasteiger partial charge in [-0.3, -0.25) is 4.79 Å². The van der Waals surface area contributed by atoms with Gasteiger partial charge in [-0.05, 0) is 67.3 Å². The van der Waals surface area contributed by atoms with Gasteiger partial charge in [-0.25, -0.2) is 14.6 Å². The lowest BCUT2D eigenvalue weighted by molar-refractivity contribution is -0.119. The predicted octanol–water partition coefficient (Wildman–Crippen LogP) is 6.68. The Bertz CT molecular complexity index is 1550. The van der Waals surface area contributed by atoms with Crippen LogP contribution in [-0.2, 0) is 27.1 Å². The van der Waals surface area contributed by atoms with Crippen molar-refractivity contribution in [1.29, 1.82) is 0 Å². The van der Waals surface area contributed by atoms with Crippen molar-refractivity contribution in [3.63, 3.8) is 0 Å². The van der Waals surface area contributed by atoms with Crippen molar-refractivity contribution < 1.29 is 28.3 Å². The first kappa shape index (κ1) is 27.6. The lowest BCUT2D eigenvalue weighted by Gasteiger charge is -2.33. The number of anilines is 1. The monoisotopic (exact) mass is 560 g/mol. The van der Waals surface area contributed by atoms with Gasteiger partial charge in [-0.2, -0.15) is 0 Å². The minimum atomic E-state index is -0.683. The van der Waals surface area contributed by atoms with Crippen molar-refractivity contribution >= 4 is 45.3 Å². The molecule has 9 heteroatoms. The maximum Gasteiger partial charge on any atom is 0.341 e. The van der Waals surface area contributed by atoms with Crippen molar-refractivity contribution in [2.45, 2.75) is 47.0 Å². The first-order valence-corrected chi connectivity index (χ1v) is 14.2. The number of carbonyl (C=O) groups excluding carboxylic acids is 3. The Morgan fingerprint density at radius 2 is 1.80 bits per heavy atom. The lowest BCUT2D eigenvalue weighted by Crippen LogP contribution is -2.26. The molecule has 2 aromatic heterocycles. The van der Waals surface area contributed by atoms with Gasteiger partial charge in [0, 0.05) is 4.88 Å². The molecule has 1 amide bonds. The second-order valence-electron chi connectivity index (χ2n) is 10.9. The highest BCUT2D eigenvalue weighted by molar-refractivity contribution is 7.17. The Balaban J connectivity index is 1.31. The summed E-state index contributed by atoms with van der Waals surface area (Å²) in [5.74, 6) is -0.912. The summed E-state index contributed by atoms with van der Waals surface area (Å²) >= 11 is 1.40. The Morgan fingerprint density at radius 1 is 1.05 bits per heavy atom. The number of fused-ring (bicyclic) bond motifs is 2. The Kier molecular flexibility index (Phi) is 7.76. The van der Waals surface area contributed by atoms with E-state index in [1.165, 1.54) is 11.3 Å². The van der Waals surface area contributed by atoms with Gasteiger partial charge in [0.15, 0.2) is 12.2 Å². The molecule has 4 aromatic rings. The average molecular weight is 561 g/mol. The van der Waals surface area contributed by atoms with E-state index in [0.717, 1.165) is 29.7 Å². The first-order valence-electron chi connectivity index (χ1n) is 13.4. The molecule has 5 rings (SSSR count). The van der Waals surface area contributed by atoms with Crippen LogP contribution in [0.1, 0.15) is 65.3 Å². The molecule has 0 aliphatic heterocycles. The van der Waals surface area contributed by atoms with Crippen LogP contribution in [0.15, 0.2) is 52.9 Å². The molecule has 0 spiro atoms. The quantitative estimate of drug-likeness (QED) is 0.251. The maximum atomic E-state index is 13.0. The molecule has 208 valence electrons. The van der Waals surface area contributed by atoms with Gasteiger partial charge >= 0.3 is 11.9 Å². The molecule has 1 atom stereocenters. The Morgan fingerprint density at radius 3 is 2.55 bits per heavy atom. The van der Waals surface area contributed by atoms with E-state index in [1.54, 1.807) is 37.3 Å². The molecule has 0 bridgehead atoms. The summed E-state index contributed by atoms with van der Waals surface area (Å²) in [5.41, 5.74) is 3.47. The van der Waals surface area contributed by atoms with E-state index in [2.05, 4.69) is 31.1 Å². The molecular weight excluding hydrogens is 528 g/mol. The van der Waals surface area contributed by atoms with E-state index in [0.29, 0.717) is 33.1 Å². The number of ether oxygens (including phenoxy) is 2. The highest BCUT2D eigenvalue weighted by Crippen LogP contribution is 2.44. The molecule has 1 unspecified atom stereocenters. The van der Waals surface area contributed by atoms with Crippen LogP contribution in [0.5, 0.6) is 0 Å². The van der Waals surface area contributed by atoms with Crippen molar-refractivity contribution in [2.75, 3.05) is 18.5 Å². The van der Waals surface area contributed by atoms with Gasteiger partial charge in [-0.1, -0.05) is 45.0 Å². The third-order valence-electron chi connectivity index (χ3n) is 7.23. The number of rotatable bonds is 7. The van der Waals surface area contributed by atoms with E-state index in [1.807, 2.05) is 18.2 Å². The largest absolute Gasteiger partial charge is 0.462 e. The molecule has 2 heterocycles. The number of oxazole rings is 1. The molecule has 8 nitrogen and oxygen atoms in total. The van der Waals surface area contributed by atoms with Crippen molar-refractivity contribution in [3.8, 4) is 11.5 Å². The van der Waals surface area contributed by atoms with Crippen LogP contribution >= 0.6 is 11.3 Å². The summed E-state index contributed by atoms with van der Waals surface area (Å²) in [6.07, 6.45) is 2.55. The molecule has 0 fully saturated rings. The summed E-state index contributed by atoms with van der Waals surface area (Å²) < 4.78 is 16.5. The fraction of sp³-hybridized carbons (Fsp3) is 0.355. The van der Waals surface area contributed by atoms with Crippen LogP contribution in [0, 0.1) is 11.3 Å². The smallest absolute Gasteiger partial charge is 0.341 e. The van der Waals surface area contributed by atoms with Crippen LogP contribution < -0.4 is 5.32 Å². The van der Waals surface area contributed by atoms with Crippen molar-refractivity contribution in [2.24, 2.45) is 11.3 Å². The van der Waals surface area contributed by atoms with Gasteiger partial charge in [-0.15, -0.1) is 11.3 Å². The molecule has 2 aromatic carbocycles. The van der Waals surface area contributed by atoms with E-state index in [-0.39, 0.29) is 23.5 Å². The van der Waals surface area contributed by atoms with E-state index >= 15 is 0 Å². The number of amides is 1. The van der Waals surface area contributed by atoms with Crippen LogP contribution in [0.3, 0.4) is 0 Å². The van der Waals surface area contributed by atoms with Gasteiger partial charge in [0.2, 0.25) is 5.89 Å². The fourth-order valence-electron chi connectivity index (χ4n) is 5.04. The van der Waals surface area contributed by atoms with Crippen molar-refractivity contribution in [3.05, 3.63) is 70.1 Å². The van der Waals surface area contributed by atoms with Crippen LogP contribution in [0.2, 0.25) is 0 Å². The van der Waals surface area contributed by atoms with Crippen LogP contribution in [0.4, 0.5) is 5.00 Å². The minimum absolute atomic E-state index is 0.136. The summed E-state index contributed by atoms with van der Waals surface area (Å²) in [5, 5.41) is 3.24. The number of hydrogen-bond acceptors (Lipinski definition) is 8. The average Bonchev–Trinajstić information content (AvgIpc) is 3.52. The number of aromatic nitrogens is 1. The molecule has 0 saturated carbocycles. The van der Waals surface area contributed by atoms with Crippen molar-refractivity contribution in [1.82, 2.24) is 4.98 Å². The van der Waals surface area contributed by atoms with Crippen LogP contribution in [0.25, 0.3) is 22.6 Å². The molecule has 1 aliphatic rings. The molecule has 1 N–H and O–H groups in total. The van der Waals surface area contributed by atoms with Gasteiger partial charge in [0.1, 0.15) is 10.5 Å². The number of hydrogen-bond donors (Lipinski definition) is 1. The zero-order valence-corrected chi connectivity index (χ0v) is 23.9. The van der Waals surface area contributed by atoms with Crippen LogP contribution in [-0.4, -0.2) is 36.0 Å². The number of thiophene rings is 1. The van der Waals surface area contributed by atoms with Gasteiger partial charge in [0.25, 0.3) is 5.91 Å². The third-order valence-corrected chi connectivity index (χ3v) is 8.40. The summed E-state index contributed by atoms with van der Waals surface area (Å²) in [6.45, 7) is 8.14. The number of benzene rings is 2. The minimum Gasteiger partial charge on any atom is -0.462 e. The standard InChI is InChI=1S/C31H32N2O6S/c1-5-37-30(36)26-21-15-14-18(31(2,3)4)16-24(21)40-28(26)33-25(34)17-38-29(35)20-11-7-6-10-19(20)27-32-22-12-8-9-13-23(22)39-27/h6-13,18H,5,14-17H2,1-4H3,(H,33,34). The van der Waals surface area contributed by atoms with E-state index < -0.39 is 24.5 Å².